The average molecular weight is 785 g/mol. The zero-order valence-electron chi connectivity index (χ0n) is 35.1. The molecule has 2 N–H and O–H groups in total. The zero-order valence-corrected chi connectivity index (χ0v) is 37.1. The monoisotopic (exact) mass is 784 g/mol. The van der Waals surface area contributed by atoms with Crippen LogP contribution in [0.5, 0.6) is 0 Å². The number of hydrogen-bond acceptors (Lipinski definition) is 8. The van der Waals surface area contributed by atoms with Gasteiger partial charge in [0.05, 0.1) is 24.9 Å². The molecule has 304 valence electrons. The van der Waals surface area contributed by atoms with E-state index in [1.807, 2.05) is 30.3 Å². The van der Waals surface area contributed by atoms with Gasteiger partial charge in [-0.1, -0.05) is 105 Å². The molecule has 5 rings (SSSR count). The Labute approximate surface area is 328 Å². The van der Waals surface area contributed by atoms with Crippen molar-refractivity contribution < 1.29 is 38.1 Å². The number of rotatable bonds is 16. The van der Waals surface area contributed by atoms with Crippen molar-refractivity contribution in [3.05, 3.63) is 58.7 Å². The molecule has 0 spiro atoms. The summed E-state index contributed by atoms with van der Waals surface area (Å²) in [6, 6.07) is 15.0. The van der Waals surface area contributed by atoms with Crippen molar-refractivity contribution >= 4 is 22.6 Å². The number of aliphatic hydroxyl groups is 2. The summed E-state index contributed by atoms with van der Waals surface area (Å²) in [5, 5.41) is 22.4. The first kappa shape index (κ1) is 43.5. The lowest BCUT2D eigenvalue weighted by atomic mass is 9.54. The number of fused-ring (bicyclic) bond motifs is 3. The predicted molar refractivity (Wildman–Crippen MR) is 220 cm³/mol. The highest BCUT2D eigenvalue weighted by atomic mass is 28.4. The number of esters is 1. The van der Waals surface area contributed by atoms with E-state index < -0.39 is 53.4 Å². The van der Waals surface area contributed by atoms with E-state index >= 15 is 0 Å². The molecule has 1 heterocycles. The van der Waals surface area contributed by atoms with Crippen LogP contribution in [0.1, 0.15) is 112 Å². The highest BCUT2D eigenvalue weighted by Crippen LogP contribution is 2.64. The van der Waals surface area contributed by atoms with Crippen molar-refractivity contribution in [2.45, 2.75) is 174 Å². The van der Waals surface area contributed by atoms with Crippen LogP contribution in [0.25, 0.3) is 0 Å². The molecule has 0 aromatic heterocycles. The van der Waals surface area contributed by atoms with Crippen LogP contribution in [0.3, 0.4) is 0 Å². The molecule has 8 nitrogen and oxygen atoms in total. The summed E-state index contributed by atoms with van der Waals surface area (Å²) in [5.74, 6) is 0.147. The molecule has 1 aliphatic heterocycles. The van der Waals surface area contributed by atoms with Gasteiger partial charge < -0.3 is 33.3 Å². The molecular weight excluding hydrogens is 713 g/mol. The predicted octanol–water partition coefficient (Wildman–Crippen LogP) is 9.59. The fraction of sp³-hybridized carbons (Fsp3) is 0.750. The maximum absolute atomic E-state index is 14.0. The van der Waals surface area contributed by atoms with Crippen molar-refractivity contribution in [1.29, 1.82) is 0 Å². The third kappa shape index (κ3) is 8.61. The summed E-state index contributed by atoms with van der Waals surface area (Å²) in [6.45, 7) is 23.0. The summed E-state index contributed by atoms with van der Waals surface area (Å²) in [7, 11) is -4.28. The highest BCUT2D eigenvalue weighted by Gasteiger charge is 2.58. The van der Waals surface area contributed by atoms with E-state index in [1.165, 1.54) is 11.1 Å². The van der Waals surface area contributed by atoms with Crippen molar-refractivity contribution in [2.24, 2.45) is 22.7 Å². The van der Waals surface area contributed by atoms with Gasteiger partial charge in [-0.2, -0.15) is 0 Å². The molecule has 0 amide bonds. The Morgan fingerprint density at radius 3 is 2.13 bits per heavy atom. The standard InChI is InChI=1S/C44H72O8Si2/c1-11-53(12-2,13-3)49-28-32-26-37(51-42-40(39(46)35(45)29-48-42)52-54(14-4,15-5)16-6)44(10)25-24-43(9)23-22-33(30(7)8)38(43)34(44)27-36(32)50-41(47)31-20-18-17-19-21-31/h17-21,26,30,34-37,39-40,42,45-46H,11-16,22-25,27-29H2,1-10H3/t34-,35-,36-,37+,39+,40-,42+,43-,44-/m1/s1. The smallest absolute Gasteiger partial charge is 0.338 e. The third-order valence-electron chi connectivity index (χ3n) is 14.6. The fourth-order valence-corrected chi connectivity index (χ4v) is 15.6. The van der Waals surface area contributed by atoms with Crippen LogP contribution in [0.4, 0.5) is 0 Å². The minimum Gasteiger partial charge on any atom is -0.454 e. The van der Waals surface area contributed by atoms with E-state index in [1.54, 1.807) is 0 Å². The van der Waals surface area contributed by atoms with Gasteiger partial charge in [0.15, 0.2) is 22.9 Å². The minimum absolute atomic E-state index is 0.0349. The van der Waals surface area contributed by atoms with Gasteiger partial charge in [-0.25, -0.2) is 4.79 Å². The summed E-state index contributed by atoms with van der Waals surface area (Å²) in [5.41, 5.74) is 4.22. The van der Waals surface area contributed by atoms with Crippen LogP contribution in [0.2, 0.25) is 36.3 Å². The van der Waals surface area contributed by atoms with Crippen LogP contribution in [0, 0.1) is 22.7 Å². The van der Waals surface area contributed by atoms with E-state index in [2.05, 4.69) is 75.3 Å². The molecule has 0 bridgehead atoms. The first-order chi connectivity index (χ1) is 25.7. The average Bonchev–Trinajstić information content (AvgIpc) is 3.49. The second-order valence-corrected chi connectivity index (χ2v) is 27.1. The Hall–Kier alpha value is -1.64. The van der Waals surface area contributed by atoms with E-state index in [4.69, 9.17) is 23.1 Å². The molecule has 9 atom stereocenters. The molecule has 3 aliphatic carbocycles. The van der Waals surface area contributed by atoms with Gasteiger partial charge in [0.1, 0.15) is 24.4 Å². The van der Waals surface area contributed by atoms with E-state index in [0.29, 0.717) is 24.5 Å². The van der Waals surface area contributed by atoms with Crippen molar-refractivity contribution in [2.75, 3.05) is 13.2 Å². The Kier molecular flexibility index (Phi) is 14.4. The maximum Gasteiger partial charge on any atom is 0.338 e. The van der Waals surface area contributed by atoms with Crippen LogP contribution in [-0.2, 0) is 23.1 Å². The lowest BCUT2D eigenvalue weighted by molar-refractivity contribution is -0.285. The van der Waals surface area contributed by atoms with E-state index in [-0.39, 0.29) is 29.3 Å². The molecule has 0 radical (unpaired) electrons. The van der Waals surface area contributed by atoms with Gasteiger partial charge in [-0.15, -0.1) is 0 Å². The summed E-state index contributed by atoms with van der Waals surface area (Å²) in [4.78, 5) is 14.0. The summed E-state index contributed by atoms with van der Waals surface area (Å²) in [6.07, 6.45) is 2.18. The number of ether oxygens (including phenoxy) is 3. The van der Waals surface area contributed by atoms with Crippen LogP contribution in [0.15, 0.2) is 53.1 Å². The molecule has 1 saturated heterocycles. The maximum atomic E-state index is 14.0. The van der Waals surface area contributed by atoms with Crippen molar-refractivity contribution in [3.63, 3.8) is 0 Å². The molecule has 1 aromatic carbocycles. The minimum atomic E-state index is -2.24. The van der Waals surface area contributed by atoms with Crippen LogP contribution < -0.4 is 0 Å². The van der Waals surface area contributed by atoms with Gasteiger partial charge in [-0.05, 0) is 103 Å². The van der Waals surface area contributed by atoms with Gasteiger partial charge >= 0.3 is 5.97 Å². The molecule has 1 aromatic rings. The van der Waals surface area contributed by atoms with Gasteiger partial charge in [0.2, 0.25) is 0 Å². The number of aliphatic hydroxyl groups excluding tert-OH is 2. The van der Waals surface area contributed by atoms with E-state index in [9.17, 15) is 15.0 Å². The number of benzene rings is 1. The lowest BCUT2D eigenvalue weighted by Crippen LogP contribution is -2.60. The van der Waals surface area contributed by atoms with Gasteiger partial charge in [0.25, 0.3) is 0 Å². The summed E-state index contributed by atoms with van der Waals surface area (Å²) < 4.78 is 34.2. The Balaban J connectivity index is 1.66. The number of allylic oxidation sites excluding steroid dienone is 2. The molecule has 2 fully saturated rings. The molecule has 10 heteroatoms. The van der Waals surface area contributed by atoms with E-state index in [0.717, 1.165) is 67.5 Å². The Morgan fingerprint density at radius 1 is 0.907 bits per heavy atom. The van der Waals surface area contributed by atoms with Crippen molar-refractivity contribution in [1.82, 2.24) is 0 Å². The molecule has 54 heavy (non-hydrogen) atoms. The molecule has 1 saturated carbocycles. The topological polar surface area (TPSA) is 104 Å². The van der Waals surface area contributed by atoms with Crippen molar-refractivity contribution in [3.8, 4) is 0 Å². The molecular formula is C44H72O8Si2. The second-order valence-electron chi connectivity index (χ2n) is 17.6. The Bertz CT molecular complexity index is 1460. The summed E-state index contributed by atoms with van der Waals surface area (Å²) >= 11 is 0. The van der Waals surface area contributed by atoms with Gasteiger partial charge in [-0.3, -0.25) is 0 Å². The lowest BCUT2D eigenvalue weighted by Gasteiger charge is -2.53. The SMILES string of the molecule is CC[Si](CC)(CC)OCC1=C[C@H](O[C@@H]2OC[C@@H](O)[C@H](O)[C@H]2O[Si](CC)(CC)CC)[C@]2(C)CC[C@@]3(C)CCC(C(C)C)=C3[C@H]2C[C@H]1OC(=O)c1ccccc1. The third-order valence-corrected chi connectivity index (χ3v) is 23.9. The van der Waals surface area contributed by atoms with Crippen LogP contribution in [-0.4, -0.2) is 82.8 Å². The molecule has 4 aliphatic rings. The number of hydrogen-bond donors (Lipinski definition) is 2. The first-order valence-electron chi connectivity index (χ1n) is 21.3. The number of carbonyl (C=O) groups is 1. The number of carbonyl (C=O) groups excluding carboxylic acids is 1. The quantitative estimate of drug-likeness (QED) is 0.0971. The fourth-order valence-electron chi connectivity index (χ4n) is 10.2. The Morgan fingerprint density at radius 2 is 1.54 bits per heavy atom. The van der Waals surface area contributed by atoms with Gasteiger partial charge in [0, 0.05) is 5.41 Å². The zero-order chi connectivity index (χ0) is 39.5. The van der Waals surface area contributed by atoms with Crippen LogP contribution >= 0.6 is 0 Å². The normalized spacial score (nSPS) is 33.3. The highest BCUT2D eigenvalue weighted by molar-refractivity contribution is 6.74. The first-order valence-corrected chi connectivity index (χ1v) is 26.4. The molecule has 0 unspecified atom stereocenters. The largest absolute Gasteiger partial charge is 0.454 e. The second kappa shape index (κ2) is 17.9.